The molecule has 0 saturated heterocycles. The number of carboxylic acid groups (broad SMARTS) is 1. The fourth-order valence-corrected chi connectivity index (χ4v) is 7.94. The third-order valence-electron chi connectivity index (χ3n) is 8.46. The van der Waals surface area contributed by atoms with Crippen LogP contribution in [0.5, 0.6) is 0 Å². The fraction of sp³-hybridized carbons (Fsp3) is 0.429. The molecule has 3 aromatic carbocycles. The maximum Gasteiger partial charge on any atom is 1.00 e. The van der Waals surface area contributed by atoms with Gasteiger partial charge in [-0.05, 0) is 96.7 Å². The Labute approximate surface area is 284 Å². The van der Waals surface area contributed by atoms with Crippen molar-refractivity contribution in [3.63, 3.8) is 0 Å². The Bertz CT molecular complexity index is 1560. The molecule has 1 amide bonds. The van der Waals surface area contributed by atoms with E-state index in [0.717, 1.165) is 41.5 Å². The van der Waals surface area contributed by atoms with Gasteiger partial charge in [-0.15, -0.1) is 0 Å². The molecule has 1 aliphatic rings. The number of aliphatic carboxylic acids is 1. The zero-order chi connectivity index (χ0) is 31.7. The van der Waals surface area contributed by atoms with Gasteiger partial charge in [0.15, 0.2) is 0 Å². The van der Waals surface area contributed by atoms with E-state index in [-0.39, 0.29) is 36.7 Å². The number of carboxylic acids is 1. The third-order valence-corrected chi connectivity index (χ3v) is 10.9. The number of carbonyl (C=O) groups excluding carboxylic acids is 2. The largest absolute Gasteiger partial charge is 1.00 e. The fourth-order valence-electron chi connectivity index (χ4n) is 5.92. The van der Waals surface area contributed by atoms with E-state index in [2.05, 4.69) is 5.32 Å². The Balaban J connectivity index is 0.00000552. The first-order valence-corrected chi connectivity index (χ1v) is 18.2. The van der Waals surface area contributed by atoms with Crippen LogP contribution in [-0.2, 0) is 21.4 Å². The number of rotatable bonds is 14. The van der Waals surface area contributed by atoms with Crippen LogP contribution in [0.3, 0.4) is 0 Å². The summed E-state index contributed by atoms with van der Waals surface area (Å²) in [7, 11) is -3.79. The van der Waals surface area contributed by atoms with Crippen molar-refractivity contribution in [2.45, 2.75) is 76.3 Å². The van der Waals surface area contributed by atoms with Gasteiger partial charge < -0.3 is 15.2 Å². The number of carbonyl (C=O) groups is 2. The third kappa shape index (κ3) is 9.97. The first-order valence-electron chi connectivity index (χ1n) is 15.4. The number of nitrogens with one attached hydrogen (secondary N) is 1. The SMILES string of the molecule is CSCC[C@H](NC(=O)c1ccc(CN(CCC2CCCCC2)S(=O)(=O)c2cccc(C)c2)cc1-c1ccccc1C)C(=O)[O-].[Li+]. The van der Waals surface area contributed by atoms with Gasteiger partial charge >= 0.3 is 18.9 Å². The van der Waals surface area contributed by atoms with Crippen molar-refractivity contribution in [3.05, 3.63) is 89.0 Å². The summed E-state index contributed by atoms with van der Waals surface area (Å²) < 4.78 is 29.6. The van der Waals surface area contributed by atoms with E-state index in [1.807, 2.05) is 56.5 Å². The molecule has 0 bridgehead atoms. The molecular weight excluding hydrogens is 599 g/mol. The smallest absolute Gasteiger partial charge is 0.548 e. The predicted octanol–water partition coefficient (Wildman–Crippen LogP) is 2.74. The van der Waals surface area contributed by atoms with Crippen molar-refractivity contribution < 1.29 is 42.0 Å². The molecule has 236 valence electrons. The molecule has 1 saturated carbocycles. The first kappa shape index (κ1) is 36.9. The summed E-state index contributed by atoms with van der Waals surface area (Å²) in [5, 5.41) is 14.4. The van der Waals surface area contributed by atoms with E-state index in [1.54, 1.807) is 34.6 Å². The number of amides is 1. The number of hydrogen-bond acceptors (Lipinski definition) is 6. The van der Waals surface area contributed by atoms with Gasteiger partial charge in [-0.1, -0.05) is 74.6 Å². The van der Waals surface area contributed by atoms with Crippen molar-refractivity contribution in [2.24, 2.45) is 5.92 Å². The van der Waals surface area contributed by atoms with E-state index < -0.39 is 27.9 Å². The van der Waals surface area contributed by atoms with E-state index in [4.69, 9.17) is 0 Å². The van der Waals surface area contributed by atoms with Crippen LogP contribution in [0.4, 0.5) is 0 Å². The molecule has 1 N–H and O–H groups in total. The Morgan fingerprint density at radius 1 is 0.978 bits per heavy atom. The van der Waals surface area contributed by atoms with Crippen LogP contribution >= 0.6 is 11.8 Å². The summed E-state index contributed by atoms with van der Waals surface area (Å²) in [6.07, 6.45) is 8.80. The quantitative estimate of drug-likeness (QED) is 0.271. The number of aryl methyl sites for hydroxylation is 2. The Kier molecular flexibility index (Phi) is 14.3. The molecule has 0 heterocycles. The molecule has 1 fully saturated rings. The second kappa shape index (κ2) is 17.4. The minimum Gasteiger partial charge on any atom is -0.548 e. The molecule has 0 radical (unpaired) electrons. The normalized spacial score (nSPS) is 14.5. The molecule has 45 heavy (non-hydrogen) atoms. The van der Waals surface area contributed by atoms with Crippen LogP contribution < -0.4 is 29.3 Å². The second-order valence-corrected chi connectivity index (χ2v) is 14.7. The maximum absolute atomic E-state index is 14.0. The number of hydrogen-bond donors (Lipinski definition) is 1. The van der Waals surface area contributed by atoms with Gasteiger partial charge in [0.25, 0.3) is 5.91 Å². The summed E-state index contributed by atoms with van der Waals surface area (Å²) >= 11 is 1.50. The van der Waals surface area contributed by atoms with Gasteiger partial charge in [-0.3, -0.25) is 4.79 Å². The van der Waals surface area contributed by atoms with Crippen LogP contribution in [-0.4, -0.2) is 49.2 Å². The molecule has 10 heteroatoms. The van der Waals surface area contributed by atoms with Crippen molar-refractivity contribution in [2.75, 3.05) is 18.6 Å². The summed E-state index contributed by atoms with van der Waals surface area (Å²) in [5.41, 5.74) is 4.35. The Hall–Kier alpha value is -2.54. The topological polar surface area (TPSA) is 107 Å². The summed E-state index contributed by atoms with van der Waals surface area (Å²) in [4.78, 5) is 25.5. The van der Waals surface area contributed by atoms with Crippen LogP contribution in [0.25, 0.3) is 11.1 Å². The number of sulfonamides is 1. The maximum atomic E-state index is 14.0. The predicted molar refractivity (Wildman–Crippen MR) is 176 cm³/mol. The minimum absolute atomic E-state index is 0. The van der Waals surface area contributed by atoms with Crippen LogP contribution in [0.2, 0.25) is 0 Å². The average Bonchev–Trinajstić information content (AvgIpc) is 3.01. The second-order valence-electron chi connectivity index (χ2n) is 11.8. The van der Waals surface area contributed by atoms with Crippen molar-refractivity contribution in [3.8, 4) is 11.1 Å². The molecule has 3 aromatic rings. The van der Waals surface area contributed by atoms with Crippen LogP contribution in [0.15, 0.2) is 71.6 Å². The van der Waals surface area contributed by atoms with Crippen LogP contribution in [0, 0.1) is 19.8 Å². The Morgan fingerprint density at radius 2 is 1.71 bits per heavy atom. The summed E-state index contributed by atoms with van der Waals surface area (Å²) in [6, 6.07) is 18.9. The molecule has 0 aromatic heterocycles. The van der Waals surface area contributed by atoms with Gasteiger partial charge in [0.2, 0.25) is 10.0 Å². The van der Waals surface area contributed by atoms with Crippen LogP contribution in [0.1, 0.15) is 72.0 Å². The van der Waals surface area contributed by atoms with Gasteiger partial charge in [-0.25, -0.2) is 8.42 Å². The molecule has 7 nitrogen and oxygen atoms in total. The first-order chi connectivity index (χ1) is 21.1. The van der Waals surface area contributed by atoms with Crippen molar-refractivity contribution in [1.82, 2.24) is 9.62 Å². The van der Waals surface area contributed by atoms with E-state index in [1.165, 1.54) is 31.0 Å². The monoisotopic (exact) mass is 642 g/mol. The van der Waals surface area contributed by atoms with Crippen molar-refractivity contribution in [1.29, 1.82) is 0 Å². The molecule has 0 unspecified atom stereocenters. The molecular formula is C35H43LiN2O5S2. The number of benzene rings is 3. The zero-order valence-electron chi connectivity index (χ0n) is 26.9. The van der Waals surface area contributed by atoms with Gasteiger partial charge in [-0.2, -0.15) is 16.1 Å². The van der Waals surface area contributed by atoms with E-state index in [9.17, 15) is 23.1 Å². The summed E-state index contributed by atoms with van der Waals surface area (Å²) in [6.45, 7) is 4.39. The average molecular weight is 643 g/mol. The molecule has 1 atom stereocenters. The Morgan fingerprint density at radius 3 is 2.38 bits per heavy atom. The van der Waals surface area contributed by atoms with Gasteiger partial charge in [0.05, 0.1) is 16.9 Å². The minimum atomic E-state index is -3.79. The van der Waals surface area contributed by atoms with Gasteiger partial charge in [0, 0.05) is 18.7 Å². The molecule has 0 aliphatic heterocycles. The molecule has 0 spiro atoms. The number of nitrogens with zero attached hydrogens (tertiary/aromatic N) is 1. The zero-order valence-corrected chi connectivity index (χ0v) is 28.5. The number of thioether (sulfide) groups is 1. The van der Waals surface area contributed by atoms with Gasteiger partial charge in [0.1, 0.15) is 0 Å². The molecule has 1 aliphatic carbocycles. The summed E-state index contributed by atoms with van der Waals surface area (Å²) in [5.74, 6) is -0.757. The van der Waals surface area contributed by atoms with E-state index >= 15 is 0 Å². The molecule has 4 rings (SSSR count). The van der Waals surface area contributed by atoms with E-state index in [0.29, 0.717) is 29.3 Å². The standard InChI is InChI=1S/C35H44N2O5S2.Li/c1-25-10-9-14-29(22-25)44(41,42)37(20-18-27-12-5-4-6-13-27)24-28-16-17-31(32(23-28)30-15-8-7-11-26(30)2)34(38)36-33(35(39)40)19-21-43-3;/h7-11,14-17,22-23,27,33H,4-6,12-13,18-21,24H2,1-3H3,(H,36,38)(H,39,40);/q;+1/p-1/t33-;/m0./s1. The van der Waals surface area contributed by atoms with Crippen molar-refractivity contribution >= 4 is 33.7 Å².